The second kappa shape index (κ2) is 13.3. The molecule has 36 heavy (non-hydrogen) atoms. The third kappa shape index (κ3) is 7.58. The number of ether oxygens (including phenoxy) is 3. The number of nitrogens with one attached hydrogen (secondary N) is 2. The van der Waals surface area contributed by atoms with Crippen molar-refractivity contribution >= 4 is 34.9 Å². The minimum atomic E-state index is -0.250. The van der Waals surface area contributed by atoms with E-state index in [4.69, 9.17) is 37.4 Å². The van der Waals surface area contributed by atoms with Crippen molar-refractivity contribution in [2.45, 2.75) is 45.7 Å². The summed E-state index contributed by atoms with van der Waals surface area (Å²) in [5.74, 6) is 2.32. The van der Waals surface area contributed by atoms with E-state index in [9.17, 15) is 4.79 Å². The molecule has 7 nitrogen and oxygen atoms in total. The molecule has 1 saturated heterocycles. The quantitative estimate of drug-likeness (QED) is 0.363. The van der Waals surface area contributed by atoms with E-state index in [0.29, 0.717) is 44.8 Å². The Bertz CT molecular complexity index is 1000. The van der Waals surface area contributed by atoms with Crippen molar-refractivity contribution in [1.82, 2.24) is 10.2 Å². The molecular formula is C27H37Cl2N3O4. The van der Waals surface area contributed by atoms with Crippen LogP contribution in [0.2, 0.25) is 10.0 Å². The van der Waals surface area contributed by atoms with Crippen LogP contribution in [0, 0.1) is 11.8 Å². The summed E-state index contributed by atoms with van der Waals surface area (Å²) in [7, 11) is 4.64. The van der Waals surface area contributed by atoms with E-state index < -0.39 is 0 Å². The van der Waals surface area contributed by atoms with Crippen molar-refractivity contribution in [2.75, 3.05) is 39.7 Å². The van der Waals surface area contributed by atoms with Crippen LogP contribution in [0.3, 0.4) is 0 Å². The summed E-state index contributed by atoms with van der Waals surface area (Å²) < 4.78 is 16.1. The Morgan fingerprint density at radius 1 is 1.00 bits per heavy atom. The van der Waals surface area contributed by atoms with Gasteiger partial charge in [-0.25, -0.2) is 4.79 Å². The molecule has 0 aromatic heterocycles. The second-order valence-corrected chi connectivity index (χ2v) is 10.4. The number of hydrogen-bond acceptors (Lipinski definition) is 5. The Morgan fingerprint density at radius 2 is 1.64 bits per heavy atom. The third-order valence-corrected chi connectivity index (χ3v) is 7.47. The number of amides is 2. The van der Waals surface area contributed by atoms with E-state index in [2.05, 4.69) is 29.4 Å². The first-order chi connectivity index (χ1) is 17.2. The second-order valence-electron chi connectivity index (χ2n) is 9.57. The van der Waals surface area contributed by atoms with Crippen LogP contribution in [0.25, 0.3) is 0 Å². The largest absolute Gasteiger partial charge is 0.493 e. The molecule has 1 atom stereocenters. The molecule has 2 aromatic carbocycles. The number of anilines is 1. The highest BCUT2D eigenvalue weighted by molar-refractivity contribution is 6.42. The number of nitrogens with zero attached hydrogens (tertiary/aromatic N) is 1. The Labute approximate surface area is 224 Å². The summed E-state index contributed by atoms with van der Waals surface area (Å²) in [5, 5.41) is 7.27. The molecule has 2 amide bonds. The lowest BCUT2D eigenvalue weighted by Crippen LogP contribution is -2.43. The number of carbonyl (C=O) groups is 1. The topological polar surface area (TPSA) is 72.1 Å². The highest BCUT2D eigenvalue weighted by Crippen LogP contribution is 2.40. The van der Waals surface area contributed by atoms with Crippen LogP contribution in [-0.2, 0) is 6.54 Å². The lowest BCUT2D eigenvalue weighted by Gasteiger charge is -2.35. The summed E-state index contributed by atoms with van der Waals surface area (Å²) in [6, 6.07) is 9.09. The number of rotatable bonds is 10. The van der Waals surface area contributed by atoms with Gasteiger partial charge in [-0.3, -0.25) is 4.90 Å². The van der Waals surface area contributed by atoms with Crippen LogP contribution in [0.4, 0.5) is 10.5 Å². The maximum Gasteiger partial charge on any atom is 0.319 e. The van der Waals surface area contributed by atoms with Gasteiger partial charge in [0.1, 0.15) is 0 Å². The van der Waals surface area contributed by atoms with Crippen LogP contribution in [0.15, 0.2) is 30.3 Å². The van der Waals surface area contributed by atoms with Crippen molar-refractivity contribution in [1.29, 1.82) is 0 Å². The van der Waals surface area contributed by atoms with Gasteiger partial charge in [0, 0.05) is 24.7 Å². The van der Waals surface area contributed by atoms with Crippen molar-refractivity contribution < 1.29 is 19.0 Å². The first-order valence-corrected chi connectivity index (χ1v) is 13.0. The van der Waals surface area contributed by atoms with Gasteiger partial charge in [0.15, 0.2) is 11.5 Å². The molecule has 0 bridgehead atoms. The first-order valence-electron chi connectivity index (χ1n) is 12.3. The van der Waals surface area contributed by atoms with Crippen molar-refractivity contribution in [2.24, 2.45) is 11.8 Å². The SMILES string of the molecule is COc1cc(NC(=O)NC(CC2CCN(Cc3ccc(Cl)c(Cl)c3)CC2)C(C)C)cc(OC)c1OC. The van der Waals surface area contributed by atoms with Gasteiger partial charge < -0.3 is 24.8 Å². The molecule has 0 aliphatic carbocycles. The average Bonchev–Trinajstić information content (AvgIpc) is 2.86. The molecule has 1 aliphatic rings. The van der Waals surface area contributed by atoms with Crippen LogP contribution < -0.4 is 24.8 Å². The molecule has 0 saturated carbocycles. The highest BCUT2D eigenvalue weighted by Gasteiger charge is 2.25. The zero-order valence-electron chi connectivity index (χ0n) is 21.7. The summed E-state index contributed by atoms with van der Waals surface area (Å²) in [4.78, 5) is 15.3. The lowest BCUT2D eigenvalue weighted by atomic mass is 9.86. The maximum atomic E-state index is 12.9. The number of benzene rings is 2. The van der Waals surface area contributed by atoms with Crippen molar-refractivity contribution in [3.8, 4) is 17.2 Å². The molecule has 0 spiro atoms. The average molecular weight is 539 g/mol. The Balaban J connectivity index is 1.53. The third-order valence-electron chi connectivity index (χ3n) is 6.73. The molecule has 1 heterocycles. The number of halogens is 2. The Morgan fingerprint density at radius 3 is 2.17 bits per heavy atom. The molecule has 1 aliphatic heterocycles. The monoisotopic (exact) mass is 537 g/mol. The number of piperidine rings is 1. The van der Waals surface area contributed by atoms with E-state index in [1.165, 1.54) is 5.56 Å². The van der Waals surface area contributed by atoms with Gasteiger partial charge in [-0.15, -0.1) is 0 Å². The molecule has 2 N–H and O–H groups in total. The van der Waals surface area contributed by atoms with Gasteiger partial charge in [0.25, 0.3) is 0 Å². The summed E-state index contributed by atoms with van der Waals surface area (Å²) in [6.45, 7) is 7.20. The van der Waals surface area contributed by atoms with Gasteiger partial charge in [0.2, 0.25) is 5.75 Å². The molecule has 3 rings (SSSR count). The minimum Gasteiger partial charge on any atom is -0.493 e. The van der Waals surface area contributed by atoms with Gasteiger partial charge in [-0.05, 0) is 61.9 Å². The van der Waals surface area contributed by atoms with Crippen molar-refractivity contribution in [3.05, 3.63) is 45.9 Å². The molecular weight excluding hydrogens is 501 g/mol. The van der Waals surface area contributed by atoms with Crippen LogP contribution in [0.1, 0.15) is 38.7 Å². The zero-order chi connectivity index (χ0) is 26.2. The highest BCUT2D eigenvalue weighted by atomic mass is 35.5. The van der Waals surface area contributed by atoms with Crippen LogP contribution in [-0.4, -0.2) is 51.4 Å². The summed E-state index contributed by atoms with van der Waals surface area (Å²) >= 11 is 12.2. The smallest absolute Gasteiger partial charge is 0.319 e. The number of hydrogen-bond donors (Lipinski definition) is 2. The fourth-order valence-electron chi connectivity index (χ4n) is 4.62. The Hall–Kier alpha value is -2.35. The Kier molecular flexibility index (Phi) is 10.4. The molecule has 0 radical (unpaired) electrons. The summed E-state index contributed by atoms with van der Waals surface area (Å²) in [6.07, 6.45) is 3.14. The van der Waals surface area contributed by atoms with E-state index in [0.717, 1.165) is 38.9 Å². The predicted octanol–water partition coefficient (Wildman–Crippen LogP) is 6.47. The van der Waals surface area contributed by atoms with Gasteiger partial charge >= 0.3 is 6.03 Å². The lowest BCUT2D eigenvalue weighted by molar-refractivity contribution is 0.159. The number of urea groups is 1. The normalized spacial score (nSPS) is 15.4. The molecule has 198 valence electrons. The minimum absolute atomic E-state index is 0.0682. The summed E-state index contributed by atoms with van der Waals surface area (Å²) in [5.41, 5.74) is 1.74. The number of likely N-dealkylation sites (tertiary alicyclic amines) is 1. The fraction of sp³-hybridized carbons (Fsp3) is 0.519. The molecule has 9 heteroatoms. The predicted molar refractivity (Wildman–Crippen MR) is 146 cm³/mol. The molecule has 1 fully saturated rings. The van der Waals surface area contributed by atoms with Crippen molar-refractivity contribution in [3.63, 3.8) is 0 Å². The first kappa shape index (κ1) is 28.2. The van der Waals surface area contributed by atoms with Gasteiger partial charge in [-0.2, -0.15) is 0 Å². The van der Waals surface area contributed by atoms with Crippen LogP contribution in [0.5, 0.6) is 17.2 Å². The van der Waals surface area contributed by atoms with Gasteiger partial charge in [0.05, 0.1) is 37.1 Å². The van der Waals surface area contributed by atoms with E-state index in [1.54, 1.807) is 33.5 Å². The molecule has 1 unspecified atom stereocenters. The number of carbonyl (C=O) groups excluding carboxylic acids is 1. The van der Waals surface area contributed by atoms with Gasteiger partial charge in [-0.1, -0.05) is 43.1 Å². The standard InChI is InChI=1S/C27H37Cl2N3O4/c1-17(2)23(31-27(33)30-20-14-24(34-3)26(36-5)25(15-20)35-4)13-18-8-10-32(11-9-18)16-19-6-7-21(28)22(29)12-19/h6-7,12,14-15,17-18,23H,8-11,13,16H2,1-5H3,(H2,30,31,33). The van der Waals surface area contributed by atoms with E-state index in [1.807, 2.05) is 18.2 Å². The van der Waals surface area contributed by atoms with E-state index >= 15 is 0 Å². The maximum absolute atomic E-state index is 12.9. The van der Waals surface area contributed by atoms with Crippen LogP contribution >= 0.6 is 23.2 Å². The molecule has 2 aromatic rings. The zero-order valence-corrected chi connectivity index (χ0v) is 23.2. The fourth-order valence-corrected chi connectivity index (χ4v) is 4.94. The number of methoxy groups -OCH3 is 3. The van der Waals surface area contributed by atoms with E-state index in [-0.39, 0.29) is 12.1 Å².